The SMILES string of the molecule is CCCCCCCCCS(=O)(=O)Nc1ccc(Cl)c(Cl)c1. The quantitative estimate of drug-likeness (QED) is 0.566. The van der Waals surface area contributed by atoms with Crippen LogP contribution in [0.3, 0.4) is 0 Å². The highest BCUT2D eigenvalue weighted by molar-refractivity contribution is 7.92. The maximum Gasteiger partial charge on any atom is 0.232 e. The van der Waals surface area contributed by atoms with Gasteiger partial charge in [0.25, 0.3) is 0 Å². The summed E-state index contributed by atoms with van der Waals surface area (Å²) in [7, 11) is -3.31. The molecule has 1 rings (SSSR count). The first-order valence-corrected chi connectivity index (χ1v) is 9.81. The second-order valence-electron chi connectivity index (χ2n) is 5.17. The fourth-order valence-electron chi connectivity index (χ4n) is 2.04. The molecule has 0 saturated heterocycles. The molecule has 0 unspecified atom stereocenters. The Morgan fingerprint density at radius 2 is 1.57 bits per heavy atom. The standard InChI is InChI=1S/C15H23Cl2NO2S/c1-2-3-4-5-6-7-8-11-21(19,20)18-13-9-10-14(16)15(17)12-13/h9-10,12,18H,2-8,11H2,1H3. The maximum atomic E-state index is 11.9. The van der Waals surface area contributed by atoms with Gasteiger partial charge in [0.05, 0.1) is 21.5 Å². The molecular formula is C15H23Cl2NO2S. The molecule has 0 aliphatic heterocycles. The smallest absolute Gasteiger partial charge is 0.232 e. The third kappa shape index (κ3) is 7.93. The van der Waals surface area contributed by atoms with Crippen LogP contribution in [0.1, 0.15) is 51.9 Å². The van der Waals surface area contributed by atoms with E-state index in [1.807, 2.05) is 0 Å². The monoisotopic (exact) mass is 351 g/mol. The summed E-state index contributed by atoms with van der Waals surface area (Å²) in [6.45, 7) is 2.18. The van der Waals surface area contributed by atoms with E-state index in [4.69, 9.17) is 23.2 Å². The number of sulfonamides is 1. The number of unbranched alkanes of at least 4 members (excludes halogenated alkanes) is 6. The second kappa shape index (κ2) is 9.54. The van der Waals surface area contributed by atoms with E-state index < -0.39 is 10.0 Å². The van der Waals surface area contributed by atoms with Crippen molar-refractivity contribution in [3.05, 3.63) is 28.2 Å². The molecule has 0 spiro atoms. The van der Waals surface area contributed by atoms with Crippen molar-refractivity contribution in [1.82, 2.24) is 0 Å². The number of hydrogen-bond acceptors (Lipinski definition) is 2. The maximum absolute atomic E-state index is 11.9. The Morgan fingerprint density at radius 1 is 0.952 bits per heavy atom. The molecule has 0 bridgehead atoms. The lowest BCUT2D eigenvalue weighted by atomic mass is 10.1. The lowest BCUT2D eigenvalue weighted by molar-refractivity contribution is 0.582. The van der Waals surface area contributed by atoms with Gasteiger partial charge in [-0.2, -0.15) is 0 Å². The minimum atomic E-state index is -3.31. The average molecular weight is 352 g/mol. The first-order valence-electron chi connectivity index (χ1n) is 7.40. The molecule has 0 fully saturated rings. The van der Waals surface area contributed by atoms with Crippen LogP contribution in [0.4, 0.5) is 5.69 Å². The highest BCUT2D eigenvalue weighted by atomic mass is 35.5. The van der Waals surface area contributed by atoms with Crippen LogP contribution in [0.2, 0.25) is 10.0 Å². The molecule has 21 heavy (non-hydrogen) atoms. The van der Waals surface area contributed by atoms with Crippen LogP contribution in [0.5, 0.6) is 0 Å². The van der Waals surface area contributed by atoms with E-state index in [2.05, 4.69) is 11.6 Å². The van der Waals surface area contributed by atoms with E-state index in [1.165, 1.54) is 31.7 Å². The molecule has 3 nitrogen and oxygen atoms in total. The zero-order valence-electron chi connectivity index (χ0n) is 12.4. The van der Waals surface area contributed by atoms with Gasteiger partial charge in [0.1, 0.15) is 0 Å². The van der Waals surface area contributed by atoms with Gasteiger partial charge in [0.2, 0.25) is 10.0 Å². The topological polar surface area (TPSA) is 46.2 Å². The predicted octanol–water partition coefficient (Wildman–Crippen LogP) is 5.49. The molecule has 1 aromatic rings. The molecule has 0 heterocycles. The number of benzene rings is 1. The van der Waals surface area contributed by atoms with Crippen LogP contribution >= 0.6 is 23.2 Å². The first kappa shape index (κ1) is 18.6. The highest BCUT2D eigenvalue weighted by Crippen LogP contribution is 2.25. The number of halogens is 2. The lowest BCUT2D eigenvalue weighted by Gasteiger charge is -2.08. The normalized spacial score (nSPS) is 11.6. The van der Waals surface area contributed by atoms with Crippen LogP contribution in [-0.4, -0.2) is 14.2 Å². The van der Waals surface area contributed by atoms with Gasteiger partial charge in [-0.25, -0.2) is 8.42 Å². The highest BCUT2D eigenvalue weighted by Gasteiger charge is 2.10. The first-order chi connectivity index (χ1) is 9.94. The summed E-state index contributed by atoms with van der Waals surface area (Å²) in [4.78, 5) is 0. The average Bonchev–Trinajstić information content (AvgIpc) is 2.41. The molecule has 0 radical (unpaired) electrons. The Balaban J connectivity index is 2.31. The number of anilines is 1. The second-order valence-corrected chi connectivity index (χ2v) is 7.83. The number of hydrogen-bond donors (Lipinski definition) is 1. The van der Waals surface area contributed by atoms with Crippen LogP contribution in [-0.2, 0) is 10.0 Å². The van der Waals surface area contributed by atoms with Gasteiger partial charge in [-0.05, 0) is 24.6 Å². The molecule has 0 atom stereocenters. The van der Waals surface area contributed by atoms with Crippen molar-refractivity contribution in [2.24, 2.45) is 0 Å². The van der Waals surface area contributed by atoms with Crippen LogP contribution in [0.25, 0.3) is 0 Å². The number of rotatable bonds is 10. The number of nitrogens with one attached hydrogen (secondary N) is 1. The minimum absolute atomic E-state index is 0.140. The van der Waals surface area contributed by atoms with Crippen LogP contribution in [0, 0.1) is 0 Å². The van der Waals surface area contributed by atoms with Gasteiger partial charge in [-0.1, -0.05) is 68.7 Å². The summed E-state index contributed by atoms with van der Waals surface area (Å²) in [6.07, 6.45) is 7.65. The molecule has 0 aliphatic rings. The van der Waals surface area contributed by atoms with Crippen molar-refractivity contribution in [3.63, 3.8) is 0 Å². The van der Waals surface area contributed by atoms with Gasteiger partial charge < -0.3 is 0 Å². The molecule has 0 saturated carbocycles. The Morgan fingerprint density at radius 3 is 2.19 bits per heavy atom. The van der Waals surface area contributed by atoms with Crippen molar-refractivity contribution in [2.75, 3.05) is 10.5 Å². The van der Waals surface area contributed by atoms with Gasteiger partial charge >= 0.3 is 0 Å². The van der Waals surface area contributed by atoms with Crippen molar-refractivity contribution in [3.8, 4) is 0 Å². The van der Waals surface area contributed by atoms with Crippen molar-refractivity contribution in [2.45, 2.75) is 51.9 Å². The largest absolute Gasteiger partial charge is 0.284 e. The zero-order valence-corrected chi connectivity index (χ0v) is 14.7. The molecule has 1 aromatic carbocycles. The lowest BCUT2D eigenvalue weighted by Crippen LogP contribution is -2.16. The van der Waals surface area contributed by atoms with Crippen LogP contribution < -0.4 is 4.72 Å². The van der Waals surface area contributed by atoms with Crippen LogP contribution in [0.15, 0.2) is 18.2 Å². The summed E-state index contributed by atoms with van der Waals surface area (Å²) >= 11 is 11.7. The van der Waals surface area contributed by atoms with E-state index in [-0.39, 0.29) is 5.75 Å². The molecule has 0 aromatic heterocycles. The third-order valence-electron chi connectivity index (χ3n) is 3.21. The predicted molar refractivity (Wildman–Crippen MR) is 91.9 cm³/mol. The molecule has 120 valence electrons. The summed E-state index contributed by atoms with van der Waals surface area (Å²) in [5, 5.41) is 0.750. The summed E-state index contributed by atoms with van der Waals surface area (Å²) in [6, 6.07) is 4.71. The van der Waals surface area contributed by atoms with Crippen molar-refractivity contribution in [1.29, 1.82) is 0 Å². The van der Waals surface area contributed by atoms with Gasteiger partial charge in [-0.15, -0.1) is 0 Å². The van der Waals surface area contributed by atoms with E-state index in [0.29, 0.717) is 22.2 Å². The fraction of sp³-hybridized carbons (Fsp3) is 0.600. The van der Waals surface area contributed by atoms with Crippen molar-refractivity contribution < 1.29 is 8.42 Å². The minimum Gasteiger partial charge on any atom is -0.284 e. The third-order valence-corrected chi connectivity index (χ3v) is 5.32. The fourth-order valence-corrected chi connectivity index (χ4v) is 3.51. The summed E-state index contributed by atoms with van der Waals surface area (Å²) < 4.78 is 26.4. The molecule has 0 amide bonds. The Bertz CT molecular complexity index is 532. The van der Waals surface area contributed by atoms with Gasteiger partial charge in [0.15, 0.2) is 0 Å². The molecule has 0 aliphatic carbocycles. The van der Waals surface area contributed by atoms with E-state index in [9.17, 15) is 8.42 Å². The zero-order chi connectivity index (χ0) is 15.7. The Kier molecular flexibility index (Phi) is 8.45. The van der Waals surface area contributed by atoms with Crippen molar-refractivity contribution >= 4 is 38.9 Å². The van der Waals surface area contributed by atoms with Gasteiger partial charge in [0, 0.05) is 0 Å². The molecule has 1 N–H and O–H groups in total. The van der Waals surface area contributed by atoms with E-state index in [0.717, 1.165) is 12.8 Å². The Labute approximate surface area is 138 Å². The molecule has 6 heteroatoms. The van der Waals surface area contributed by atoms with Gasteiger partial charge in [-0.3, -0.25) is 4.72 Å². The van der Waals surface area contributed by atoms with E-state index >= 15 is 0 Å². The van der Waals surface area contributed by atoms with E-state index in [1.54, 1.807) is 12.1 Å². The molecular weight excluding hydrogens is 329 g/mol. The summed E-state index contributed by atoms with van der Waals surface area (Å²) in [5.41, 5.74) is 0.451. The Hall–Kier alpha value is -0.450. The summed E-state index contributed by atoms with van der Waals surface area (Å²) in [5.74, 6) is 0.140.